The van der Waals surface area contributed by atoms with Crippen molar-refractivity contribution < 1.29 is 9.90 Å². The van der Waals surface area contributed by atoms with Crippen LogP contribution in [0.4, 0.5) is 5.69 Å². The number of hydrogen-bond donors (Lipinski definition) is 2. The zero-order valence-corrected chi connectivity index (χ0v) is 9.42. The first-order chi connectivity index (χ1) is 8.20. The summed E-state index contributed by atoms with van der Waals surface area (Å²) in [5, 5.41) is 11.7. The van der Waals surface area contributed by atoms with E-state index in [1.807, 2.05) is 0 Å². The van der Waals surface area contributed by atoms with Crippen LogP contribution < -0.4 is 5.32 Å². The predicted molar refractivity (Wildman–Crippen MR) is 63.5 cm³/mol. The maximum absolute atomic E-state index is 11.9. The molecular weight excluding hydrogens is 218 g/mol. The van der Waals surface area contributed by atoms with Gasteiger partial charge in [0.05, 0.1) is 19.1 Å². The highest BCUT2D eigenvalue weighted by Crippen LogP contribution is 2.12. The van der Waals surface area contributed by atoms with Gasteiger partial charge in [-0.2, -0.15) is 0 Å². The van der Waals surface area contributed by atoms with Crippen LogP contribution in [0.25, 0.3) is 0 Å². The van der Waals surface area contributed by atoms with Crippen LogP contribution in [0.2, 0.25) is 0 Å². The molecule has 0 bridgehead atoms. The Morgan fingerprint density at radius 3 is 3.00 bits per heavy atom. The Labute approximate surface area is 98.7 Å². The Balaban J connectivity index is 2.16. The Morgan fingerprint density at radius 1 is 1.53 bits per heavy atom. The van der Waals surface area contributed by atoms with E-state index in [9.17, 15) is 4.79 Å². The van der Waals surface area contributed by atoms with Gasteiger partial charge in [0.25, 0.3) is 5.91 Å². The average Bonchev–Trinajstić information content (AvgIpc) is 2.76. The van der Waals surface area contributed by atoms with E-state index in [4.69, 9.17) is 5.11 Å². The molecule has 1 aromatic carbocycles. The van der Waals surface area contributed by atoms with Crippen molar-refractivity contribution in [3.8, 4) is 0 Å². The Morgan fingerprint density at radius 2 is 2.35 bits per heavy atom. The summed E-state index contributed by atoms with van der Waals surface area (Å²) in [4.78, 5) is 15.7. The number of aliphatic hydroxyl groups excluding tert-OH is 1. The van der Waals surface area contributed by atoms with Gasteiger partial charge in [-0.25, -0.2) is 4.98 Å². The Bertz CT molecular complexity index is 534. The minimum Gasteiger partial charge on any atom is -0.392 e. The summed E-state index contributed by atoms with van der Waals surface area (Å²) >= 11 is 0. The number of rotatable bonds is 3. The van der Waals surface area contributed by atoms with E-state index < -0.39 is 0 Å². The van der Waals surface area contributed by atoms with E-state index in [0.29, 0.717) is 11.4 Å². The van der Waals surface area contributed by atoms with Crippen molar-refractivity contribution in [1.82, 2.24) is 9.55 Å². The second-order valence-corrected chi connectivity index (χ2v) is 3.70. The summed E-state index contributed by atoms with van der Waals surface area (Å²) in [5.41, 5.74) is 1.90. The zero-order valence-electron chi connectivity index (χ0n) is 9.42. The first-order valence-electron chi connectivity index (χ1n) is 5.18. The number of carbonyl (C=O) groups is 1. The molecule has 0 unspecified atom stereocenters. The SMILES string of the molecule is Cn1cncc1C(=O)Nc1cccc(CO)c1. The molecule has 2 rings (SSSR count). The summed E-state index contributed by atoms with van der Waals surface area (Å²) in [7, 11) is 1.76. The summed E-state index contributed by atoms with van der Waals surface area (Å²) in [6.07, 6.45) is 3.07. The van der Waals surface area contributed by atoms with Crippen molar-refractivity contribution in [1.29, 1.82) is 0 Å². The summed E-state index contributed by atoms with van der Waals surface area (Å²) in [5.74, 6) is -0.222. The Hall–Kier alpha value is -2.14. The smallest absolute Gasteiger partial charge is 0.273 e. The minimum absolute atomic E-state index is 0.0462. The lowest BCUT2D eigenvalue weighted by Crippen LogP contribution is -2.15. The molecule has 0 aliphatic heterocycles. The number of hydrogen-bond acceptors (Lipinski definition) is 3. The number of nitrogens with zero attached hydrogens (tertiary/aromatic N) is 2. The third-order valence-corrected chi connectivity index (χ3v) is 2.42. The van der Waals surface area contributed by atoms with Crippen LogP contribution in [-0.2, 0) is 13.7 Å². The van der Waals surface area contributed by atoms with E-state index in [0.717, 1.165) is 5.56 Å². The van der Waals surface area contributed by atoms with E-state index in [1.54, 1.807) is 42.2 Å². The lowest BCUT2D eigenvalue weighted by molar-refractivity contribution is 0.101. The quantitative estimate of drug-likeness (QED) is 0.833. The molecule has 0 fully saturated rings. The van der Waals surface area contributed by atoms with Crippen LogP contribution >= 0.6 is 0 Å². The molecule has 0 atom stereocenters. The number of benzene rings is 1. The largest absolute Gasteiger partial charge is 0.392 e. The number of amides is 1. The molecule has 0 aliphatic carbocycles. The molecule has 0 spiro atoms. The molecule has 2 aromatic rings. The molecule has 17 heavy (non-hydrogen) atoms. The number of carbonyl (C=O) groups excluding carboxylic acids is 1. The first kappa shape index (κ1) is 11.3. The number of anilines is 1. The molecular formula is C12H13N3O2. The first-order valence-corrected chi connectivity index (χ1v) is 5.18. The summed E-state index contributed by atoms with van der Waals surface area (Å²) < 4.78 is 1.64. The maximum atomic E-state index is 11.9. The molecule has 1 heterocycles. The van der Waals surface area contributed by atoms with Crippen molar-refractivity contribution in [3.05, 3.63) is 48.0 Å². The van der Waals surface area contributed by atoms with Crippen LogP contribution in [0.15, 0.2) is 36.8 Å². The number of aliphatic hydroxyl groups is 1. The van der Waals surface area contributed by atoms with Crippen LogP contribution in [0.5, 0.6) is 0 Å². The predicted octanol–water partition coefficient (Wildman–Crippen LogP) is 1.16. The van der Waals surface area contributed by atoms with Crippen molar-refractivity contribution in [2.45, 2.75) is 6.61 Å². The fraction of sp³-hybridized carbons (Fsp3) is 0.167. The topological polar surface area (TPSA) is 67.2 Å². The third kappa shape index (κ3) is 2.51. The van der Waals surface area contributed by atoms with Gasteiger partial charge < -0.3 is 15.0 Å². The lowest BCUT2D eigenvalue weighted by atomic mass is 10.2. The molecule has 0 saturated heterocycles. The normalized spacial score (nSPS) is 10.2. The minimum atomic E-state index is -0.222. The van der Waals surface area contributed by atoms with Crippen molar-refractivity contribution in [3.63, 3.8) is 0 Å². The molecule has 0 aliphatic rings. The van der Waals surface area contributed by atoms with E-state index in [1.165, 1.54) is 6.20 Å². The molecule has 5 heteroatoms. The van der Waals surface area contributed by atoms with Crippen LogP contribution in [0.3, 0.4) is 0 Å². The Kier molecular flexibility index (Phi) is 3.20. The average molecular weight is 231 g/mol. The molecule has 0 saturated carbocycles. The third-order valence-electron chi connectivity index (χ3n) is 2.42. The highest BCUT2D eigenvalue weighted by Gasteiger charge is 2.09. The zero-order chi connectivity index (χ0) is 12.3. The van der Waals surface area contributed by atoms with Crippen molar-refractivity contribution in [2.24, 2.45) is 7.05 Å². The summed E-state index contributed by atoms with van der Waals surface area (Å²) in [6.45, 7) is -0.0462. The molecule has 0 radical (unpaired) electrons. The molecule has 5 nitrogen and oxygen atoms in total. The van der Waals surface area contributed by atoms with Gasteiger partial charge in [0.15, 0.2) is 0 Å². The number of aromatic nitrogens is 2. The lowest BCUT2D eigenvalue weighted by Gasteiger charge is -2.06. The van der Waals surface area contributed by atoms with E-state index >= 15 is 0 Å². The second kappa shape index (κ2) is 4.80. The van der Waals surface area contributed by atoms with Gasteiger partial charge in [-0.3, -0.25) is 4.79 Å². The van der Waals surface area contributed by atoms with Gasteiger partial charge >= 0.3 is 0 Å². The highest BCUT2D eigenvalue weighted by molar-refractivity contribution is 6.02. The van der Waals surface area contributed by atoms with Crippen molar-refractivity contribution >= 4 is 11.6 Å². The van der Waals surface area contributed by atoms with Gasteiger partial charge in [-0.15, -0.1) is 0 Å². The highest BCUT2D eigenvalue weighted by atomic mass is 16.3. The number of aryl methyl sites for hydroxylation is 1. The van der Waals surface area contributed by atoms with Gasteiger partial charge in [-0.1, -0.05) is 12.1 Å². The fourth-order valence-corrected chi connectivity index (χ4v) is 1.52. The van der Waals surface area contributed by atoms with Crippen LogP contribution in [-0.4, -0.2) is 20.6 Å². The van der Waals surface area contributed by atoms with Gasteiger partial charge in [0.2, 0.25) is 0 Å². The molecule has 88 valence electrons. The van der Waals surface area contributed by atoms with E-state index in [-0.39, 0.29) is 12.5 Å². The van der Waals surface area contributed by atoms with Gasteiger partial charge in [0, 0.05) is 12.7 Å². The van der Waals surface area contributed by atoms with Crippen molar-refractivity contribution in [2.75, 3.05) is 5.32 Å². The maximum Gasteiger partial charge on any atom is 0.273 e. The molecule has 1 aromatic heterocycles. The standard InChI is InChI=1S/C12H13N3O2/c1-15-8-13-6-11(15)12(17)14-10-4-2-3-9(5-10)7-16/h2-6,8,16H,7H2,1H3,(H,14,17). The monoisotopic (exact) mass is 231 g/mol. The molecule has 1 amide bonds. The summed E-state index contributed by atoms with van der Waals surface area (Å²) in [6, 6.07) is 7.08. The van der Waals surface area contributed by atoms with E-state index in [2.05, 4.69) is 10.3 Å². The van der Waals surface area contributed by atoms with Gasteiger partial charge in [-0.05, 0) is 17.7 Å². The molecule has 2 N–H and O–H groups in total. The number of nitrogens with one attached hydrogen (secondary N) is 1. The second-order valence-electron chi connectivity index (χ2n) is 3.70. The number of imidazole rings is 1. The van der Waals surface area contributed by atoms with Gasteiger partial charge in [0.1, 0.15) is 5.69 Å². The van der Waals surface area contributed by atoms with Crippen LogP contribution in [0, 0.1) is 0 Å². The van der Waals surface area contributed by atoms with Crippen LogP contribution in [0.1, 0.15) is 16.1 Å². The fourth-order valence-electron chi connectivity index (χ4n) is 1.52.